The molecule has 44 heavy (non-hydrogen) atoms. The van der Waals surface area contributed by atoms with Crippen LogP contribution in [0.25, 0.3) is 0 Å². The molecule has 0 saturated carbocycles. The summed E-state index contributed by atoms with van der Waals surface area (Å²) in [4.78, 5) is 51.9. The van der Waals surface area contributed by atoms with Crippen LogP contribution in [0.2, 0.25) is 5.02 Å². The standard InChI is InChI=1S/C29H32ClF4N3O7/c1-29(2,3)44-22(39)13-20(21(38)14-43-25-23(33)17(31)12-18(32)24(25)34)36-26(40)15-8-10-37(11-9-15)28(42)27(41)35-19-7-5-4-6-16(19)30/h4-7,12,15,20-21,38H,8-11,13-14H2,1-3H3,(H,35,41)(H,36,40)/t20-,21?/m0/s1. The van der Waals surface area contributed by atoms with E-state index in [-0.39, 0.29) is 42.7 Å². The molecule has 1 aliphatic heterocycles. The van der Waals surface area contributed by atoms with E-state index < -0.39 is 89.4 Å². The maximum atomic E-state index is 14.0. The first kappa shape index (κ1) is 34.6. The smallest absolute Gasteiger partial charge is 0.313 e. The van der Waals surface area contributed by atoms with E-state index in [1.54, 1.807) is 39.0 Å². The largest absolute Gasteiger partial charge is 0.485 e. The molecular weight excluding hydrogens is 614 g/mol. The predicted octanol–water partition coefficient (Wildman–Crippen LogP) is 3.73. The van der Waals surface area contributed by atoms with Crippen LogP contribution in [-0.2, 0) is 23.9 Å². The molecule has 1 heterocycles. The Balaban J connectivity index is 1.63. The monoisotopic (exact) mass is 645 g/mol. The first-order valence-corrected chi connectivity index (χ1v) is 14.0. The van der Waals surface area contributed by atoms with Crippen LogP contribution in [0.3, 0.4) is 0 Å². The van der Waals surface area contributed by atoms with Crippen LogP contribution in [0.5, 0.6) is 5.75 Å². The van der Waals surface area contributed by atoms with Gasteiger partial charge in [-0.15, -0.1) is 0 Å². The molecule has 1 fully saturated rings. The number of carbonyl (C=O) groups excluding carboxylic acids is 4. The highest BCUT2D eigenvalue weighted by atomic mass is 35.5. The summed E-state index contributed by atoms with van der Waals surface area (Å²) in [5.41, 5.74) is -0.663. The van der Waals surface area contributed by atoms with Crippen molar-refractivity contribution >= 4 is 41.0 Å². The third kappa shape index (κ3) is 9.29. The molecular formula is C29H32ClF4N3O7. The Morgan fingerprint density at radius 1 is 1.05 bits per heavy atom. The van der Waals surface area contributed by atoms with Crippen LogP contribution in [0.1, 0.15) is 40.0 Å². The van der Waals surface area contributed by atoms with Crippen molar-refractivity contribution in [1.29, 1.82) is 0 Å². The van der Waals surface area contributed by atoms with Gasteiger partial charge < -0.3 is 30.1 Å². The average molecular weight is 646 g/mol. The van der Waals surface area contributed by atoms with Gasteiger partial charge in [-0.3, -0.25) is 19.2 Å². The van der Waals surface area contributed by atoms with E-state index in [4.69, 9.17) is 21.1 Å². The highest BCUT2D eigenvalue weighted by Crippen LogP contribution is 2.27. The van der Waals surface area contributed by atoms with Crippen LogP contribution >= 0.6 is 11.6 Å². The Morgan fingerprint density at radius 2 is 1.64 bits per heavy atom. The summed E-state index contributed by atoms with van der Waals surface area (Å²) in [6, 6.07) is 4.95. The van der Waals surface area contributed by atoms with Crippen LogP contribution in [0.4, 0.5) is 23.2 Å². The lowest BCUT2D eigenvalue weighted by Crippen LogP contribution is -2.51. The number of benzene rings is 2. The van der Waals surface area contributed by atoms with Crippen LogP contribution in [0, 0.1) is 29.2 Å². The van der Waals surface area contributed by atoms with Gasteiger partial charge in [0, 0.05) is 25.1 Å². The van der Waals surface area contributed by atoms with Crippen molar-refractivity contribution in [1.82, 2.24) is 10.2 Å². The van der Waals surface area contributed by atoms with Gasteiger partial charge in [-0.25, -0.2) is 8.78 Å². The summed E-state index contributed by atoms with van der Waals surface area (Å²) in [7, 11) is 0. The normalized spacial score (nSPS) is 15.2. The molecule has 3 N–H and O–H groups in total. The van der Waals surface area contributed by atoms with Gasteiger partial charge in [0.2, 0.25) is 17.5 Å². The highest BCUT2D eigenvalue weighted by molar-refractivity contribution is 6.41. The maximum Gasteiger partial charge on any atom is 0.313 e. The van der Waals surface area contributed by atoms with Gasteiger partial charge in [-0.1, -0.05) is 23.7 Å². The second-order valence-electron chi connectivity index (χ2n) is 11.1. The van der Waals surface area contributed by atoms with Crippen molar-refractivity contribution in [3.05, 3.63) is 58.6 Å². The Labute approximate surface area is 255 Å². The summed E-state index contributed by atoms with van der Waals surface area (Å²) in [5, 5.41) is 15.9. The van der Waals surface area contributed by atoms with Crippen molar-refractivity contribution in [2.24, 2.45) is 5.92 Å². The number of amides is 3. The second-order valence-corrected chi connectivity index (χ2v) is 11.5. The van der Waals surface area contributed by atoms with Gasteiger partial charge in [-0.2, -0.15) is 8.78 Å². The molecule has 2 aromatic carbocycles. The zero-order valence-electron chi connectivity index (χ0n) is 24.1. The number of ether oxygens (including phenoxy) is 2. The first-order chi connectivity index (χ1) is 20.6. The zero-order valence-corrected chi connectivity index (χ0v) is 24.9. The van der Waals surface area contributed by atoms with Gasteiger partial charge in [0.1, 0.15) is 18.3 Å². The summed E-state index contributed by atoms with van der Waals surface area (Å²) in [6.07, 6.45) is -2.12. The fourth-order valence-electron chi connectivity index (χ4n) is 4.34. The highest BCUT2D eigenvalue weighted by Gasteiger charge is 2.34. The van der Waals surface area contributed by atoms with Gasteiger partial charge in [0.25, 0.3) is 0 Å². The second kappa shape index (κ2) is 14.7. The minimum absolute atomic E-state index is 0.0102. The Bertz CT molecular complexity index is 1370. The molecule has 0 bridgehead atoms. The third-order valence-electron chi connectivity index (χ3n) is 6.54. The fraction of sp³-hybridized carbons (Fsp3) is 0.448. The average Bonchev–Trinajstić information content (AvgIpc) is 2.95. The number of aliphatic hydroxyl groups is 1. The molecule has 1 aliphatic rings. The third-order valence-corrected chi connectivity index (χ3v) is 6.87. The number of esters is 1. The number of para-hydroxylation sites is 1. The molecule has 10 nitrogen and oxygen atoms in total. The van der Waals surface area contributed by atoms with Gasteiger partial charge >= 0.3 is 17.8 Å². The number of carbonyl (C=O) groups is 4. The number of piperidine rings is 1. The number of hydrogen-bond acceptors (Lipinski definition) is 7. The van der Waals surface area contributed by atoms with E-state index in [2.05, 4.69) is 10.6 Å². The molecule has 3 rings (SSSR count). The van der Waals surface area contributed by atoms with E-state index in [1.807, 2.05) is 0 Å². The molecule has 1 unspecified atom stereocenters. The minimum atomic E-state index is -1.83. The van der Waals surface area contributed by atoms with E-state index in [0.717, 1.165) is 0 Å². The summed E-state index contributed by atoms with van der Waals surface area (Å²) in [5.74, 6) is -12.4. The van der Waals surface area contributed by atoms with Crippen LogP contribution < -0.4 is 15.4 Å². The van der Waals surface area contributed by atoms with E-state index >= 15 is 0 Å². The SMILES string of the molecule is CC(C)(C)OC(=O)C[C@H](NC(=O)C1CCN(C(=O)C(=O)Nc2ccccc2Cl)CC1)C(O)COc1c(F)c(F)cc(F)c1F. The molecule has 1 saturated heterocycles. The fourth-order valence-corrected chi connectivity index (χ4v) is 4.52. The van der Waals surface area contributed by atoms with E-state index in [9.17, 15) is 41.8 Å². The number of nitrogens with zero attached hydrogens (tertiary/aromatic N) is 1. The molecule has 15 heteroatoms. The molecule has 0 aromatic heterocycles. The molecule has 0 aliphatic carbocycles. The topological polar surface area (TPSA) is 134 Å². The number of halogens is 5. The number of rotatable bonds is 9. The lowest BCUT2D eigenvalue weighted by Gasteiger charge is -2.32. The lowest BCUT2D eigenvalue weighted by molar-refractivity contribution is -0.156. The van der Waals surface area contributed by atoms with Gasteiger partial charge in [-0.05, 0) is 45.7 Å². The number of anilines is 1. The number of aliphatic hydroxyl groups excluding tert-OH is 1. The number of hydrogen-bond donors (Lipinski definition) is 3. The predicted molar refractivity (Wildman–Crippen MR) is 150 cm³/mol. The van der Waals surface area contributed by atoms with Crippen LogP contribution in [0.15, 0.2) is 30.3 Å². The summed E-state index contributed by atoms with van der Waals surface area (Å²) in [6.45, 7) is 3.89. The molecule has 2 atom stereocenters. The Morgan fingerprint density at radius 3 is 2.20 bits per heavy atom. The lowest BCUT2D eigenvalue weighted by atomic mass is 9.94. The van der Waals surface area contributed by atoms with Gasteiger partial charge in [0.15, 0.2) is 17.4 Å². The minimum Gasteiger partial charge on any atom is -0.485 e. The number of nitrogens with one attached hydrogen (secondary N) is 2. The molecule has 3 amide bonds. The van der Waals surface area contributed by atoms with Crippen LogP contribution in [-0.4, -0.2) is 71.1 Å². The molecule has 240 valence electrons. The van der Waals surface area contributed by atoms with E-state index in [0.29, 0.717) is 0 Å². The zero-order chi connectivity index (χ0) is 32.8. The van der Waals surface area contributed by atoms with Crippen molar-refractivity contribution < 1.29 is 51.3 Å². The van der Waals surface area contributed by atoms with Crippen molar-refractivity contribution in [3.8, 4) is 5.75 Å². The molecule has 0 radical (unpaired) electrons. The Hall–Kier alpha value is -3.91. The maximum absolute atomic E-state index is 14.0. The van der Waals surface area contributed by atoms with Crippen molar-refractivity contribution in [2.75, 3.05) is 25.0 Å². The molecule has 0 spiro atoms. The van der Waals surface area contributed by atoms with Crippen molar-refractivity contribution in [3.63, 3.8) is 0 Å². The van der Waals surface area contributed by atoms with Gasteiger partial charge in [0.05, 0.1) is 23.2 Å². The van der Waals surface area contributed by atoms with E-state index in [1.165, 1.54) is 11.0 Å². The van der Waals surface area contributed by atoms with Crippen molar-refractivity contribution in [2.45, 2.75) is 57.8 Å². The number of likely N-dealkylation sites (tertiary alicyclic amines) is 1. The summed E-state index contributed by atoms with van der Waals surface area (Å²) >= 11 is 6.01. The molecule has 2 aromatic rings. The summed E-state index contributed by atoms with van der Waals surface area (Å²) < 4.78 is 65.2. The quantitative estimate of drug-likeness (QED) is 0.164. The first-order valence-electron chi connectivity index (χ1n) is 13.6. The Kier molecular flexibility index (Phi) is 11.6.